The first-order chi connectivity index (χ1) is 7.24. The SMILES string of the molecule is CC(C)OC1CC(Cc2ccccc2)C1. The zero-order valence-electron chi connectivity index (χ0n) is 9.65. The van der Waals surface area contributed by atoms with Crippen LogP contribution in [0.15, 0.2) is 30.3 Å². The molecule has 1 nitrogen and oxygen atoms in total. The minimum atomic E-state index is 0.382. The Morgan fingerprint density at radius 1 is 1.20 bits per heavy atom. The Morgan fingerprint density at radius 2 is 1.87 bits per heavy atom. The maximum Gasteiger partial charge on any atom is 0.0584 e. The van der Waals surface area contributed by atoms with Gasteiger partial charge in [0.15, 0.2) is 0 Å². The van der Waals surface area contributed by atoms with Crippen molar-refractivity contribution in [1.29, 1.82) is 0 Å². The monoisotopic (exact) mass is 204 g/mol. The fourth-order valence-electron chi connectivity index (χ4n) is 2.28. The van der Waals surface area contributed by atoms with Gasteiger partial charge in [-0.2, -0.15) is 0 Å². The van der Waals surface area contributed by atoms with Crippen LogP contribution in [0.25, 0.3) is 0 Å². The lowest BCUT2D eigenvalue weighted by Crippen LogP contribution is -2.34. The van der Waals surface area contributed by atoms with E-state index in [9.17, 15) is 0 Å². The highest BCUT2D eigenvalue weighted by Gasteiger charge is 2.30. The molecule has 2 rings (SSSR count). The fourth-order valence-corrected chi connectivity index (χ4v) is 2.28. The molecule has 1 aliphatic carbocycles. The summed E-state index contributed by atoms with van der Waals surface area (Å²) in [5.41, 5.74) is 1.46. The van der Waals surface area contributed by atoms with Gasteiger partial charge in [0, 0.05) is 0 Å². The number of hydrogen-bond donors (Lipinski definition) is 0. The van der Waals surface area contributed by atoms with E-state index in [4.69, 9.17) is 4.74 Å². The second-order valence-corrected chi connectivity index (χ2v) is 4.83. The maximum atomic E-state index is 5.75. The summed E-state index contributed by atoms with van der Waals surface area (Å²) in [7, 11) is 0. The molecular weight excluding hydrogens is 184 g/mol. The van der Waals surface area contributed by atoms with Crippen molar-refractivity contribution in [2.45, 2.75) is 45.3 Å². The zero-order valence-corrected chi connectivity index (χ0v) is 9.65. The molecule has 0 aromatic heterocycles. The van der Waals surface area contributed by atoms with Crippen molar-refractivity contribution in [3.63, 3.8) is 0 Å². The largest absolute Gasteiger partial charge is 0.376 e. The van der Waals surface area contributed by atoms with E-state index in [1.54, 1.807) is 0 Å². The summed E-state index contributed by atoms with van der Waals surface area (Å²) in [5.74, 6) is 0.844. The van der Waals surface area contributed by atoms with Gasteiger partial charge in [0.2, 0.25) is 0 Å². The Kier molecular flexibility index (Phi) is 3.42. The Bertz CT molecular complexity index is 285. The van der Waals surface area contributed by atoms with E-state index in [-0.39, 0.29) is 0 Å². The third-order valence-electron chi connectivity index (χ3n) is 3.02. The van der Waals surface area contributed by atoms with Gasteiger partial charge in [0.05, 0.1) is 12.2 Å². The normalized spacial score (nSPS) is 25.3. The van der Waals surface area contributed by atoms with Crippen molar-refractivity contribution < 1.29 is 4.74 Å². The lowest BCUT2D eigenvalue weighted by Gasteiger charge is -2.36. The van der Waals surface area contributed by atoms with Gasteiger partial charge in [-0.15, -0.1) is 0 Å². The molecule has 1 aromatic rings. The predicted molar refractivity (Wildman–Crippen MR) is 62.9 cm³/mol. The van der Waals surface area contributed by atoms with Gasteiger partial charge in [-0.05, 0) is 44.6 Å². The van der Waals surface area contributed by atoms with E-state index < -0.39 is 0 Å². The summed E-state index contributed by atoms with van der Waals surface area (Å²) in [6, 6.07) is 10.8. The van der Waals surface area contributed by atoms with Gasteiger partial charge in [-0.1, -0.05) is 30.3 Å². The van der Waals surface area contributed by atoms with Crippen molar-refractivity contribution in [3.05, 3.63) is 35.9 Å². The topological polar surface area (TPSA) is 9.23 Å². The van der Waals surface area contributed by atoms with Crippen LogP contribution in [0, 0.1) is 5.92 Å². The van der Waals surface area contributed by atoms with Crippen LogP contribution in [0.4, 0.5) is 0 Å². The second-order valence-electron chi connectivity index (χ2n) is 4.83. The summed E-state index contributed by atoms with van der Waals surface area (Å²) in [5, 5.41) is 0. The van der Waals surface area contributed by atoms with Gasteiger partial charge in [0.25, 0.3) is 0 Å². The zero-order chi connectivity index (χ0) is 10.7. The van der Waals surface area contributed by atoms with Gasteiger partial charge < -0.3 is 4.74 Å². The van der Waals surface area contributed by atoms with E-state index in [0.29, 0.717) is 12.2 Å². The van der Waals surface area contributed by atoms with Crippen molar-refractivity contribution in [2.75, 3.05) is 0 Å². The molecule has 1 heteroatoms. The number of hydrogen-bond acceptors (Lipinski definition) is 1. The molecular formula is C14H20O. The van der Waals surface area contributed by atoms with E-state index in [1.165, 1.54) is 24.8 Å². The predicted octanol–water partition coefficient (Wildman–Crippen LogP) is 3.43. The third kappa shape index (κ3) is 3.07. The molecule has 0 heterocycles. The quantitative estimate of drug-likeness (QED) is 0.730. The number of rotatable bonds is 4. The molecule has 1 saturated carbocycles. The maximum absolute atomic E-state index is 5.75. The van der Waals surface area contributed by atoms with Crippen molar-refractivity contribution in [2.24, 2.45) is 5.92 Å². The van der Waals surface area contributed by atoms with Crippen LogP contribution in [0.3, 0.4) is 0 Å². The van der Waals surface area contributed by atoms with Crippen LogP contribution in [0.5, 0.6) is 0 Å². The standard InChI is InChI=1S/C14H20O/c1-11(2)15-14-9-13(10-14)8-12-6-4-3-5-7-12/h3-7,11,13-14H,8-10H2,1-2H3. The number of ether oxygens (including phenoxy) is 1. The van der Waals surface area contributed by atoms with Crippen LogP contribution >= 0.6 is 0 Å². The van der Waals surface area contributed by atoms with E-state index >= 15 is 0 Å². The molecule has 0 atom stereocenters. The molecule has 0 bridgehead atoms. The Labute approximate surface area is 92.5 Å². The van der Waals surface area contributed by atoms with Crippen molar-refractivity contribution >= 4 is 0 Å². The molecule has 0 aliphatic heterocycles. The van der Waals surface area contributed by atoms with E-state index in [2.05, 4.69) is 44.2 Å². The average molecular weight is 204 g/mol. The van der Waals surface area contributed by atoms with Gasteiger partial charge in [0.1, 0.15) is 0 Å². The molecule has 1 fully saturated rings. The third-order valence-corrected chi connectivity index (χ3v) is 3.02. The first-order valence-corrected chi connectivity index (χ1v) is 5.93. The van der Waals surface area contributed by atoms with Crippen LogP contribution in [0.2, 0.25) is 0 Å². The summed E-state index contributed by atoms with van der Waals surface area (Å²) in [4.78, 5) is 0. The smallest absolute Gasteiger partial charge is 0.0584 e. The molecule has 0 saturated heterocycles. The first-order valence-electron chi connectivity index (χ1n) is 5.93. The lowest BCUT2D eigenvalue weighted by atomic mass is 9.78. The molecule has 0 unspecified atom stereocenters. The minimum Gasteiger partial charge on any atom is -0.376 e. The minimum absolute atomic E-state index is 0.382. The Hall–Kier alpha value is -0.820. The highest BCUT2D eigenvalue weighted by Crippen LogP contribution is 2.33. The molecule has 0 N–H and O–H groups in total. The molecule has 0 radical (unpaired) electrons. The van der Waals surface area contributed by atoms with Crippen molar-refractivity contribution in [3.8, 4) is 0 Å². The number of benzene rings is 1. The molecule has 1 aliphatic rings. The van der Waals surface area contributed by atoms with Crippen LogP contribution < -0.4 is 0 Å². The van der Waals surface area contributed by atoms with Crippen LogP contribution in [-0.4, -0.2) is 12.2 Å². The molecule has 0 spiro atoms. The fraction of sp³-hybridized carbons (Fsp3) is 0.571. The van der Waals surface area contributed by atoms with E-state index in [1.807, 2.05) is 0 Å². The van der Waals surface area contributed by atoms with Crippen LogP contribution in [-0.2, 0) is 11.2 Å². The Morgan fingerprint density at radius 3 is 2.47 bits per heavy atom. The molecule has 15 heavy (non-hydrogen) atoms. The second kappa shape index (κ2) is 4.80. The highest BCUT2D eigenvalue weighted by molar-refractivity contribution is 5.15. The molecule has 0 amide bonds. The Balaban J connectivity index is 1.72. The van der Waals surface area contributed by atoms with Crippen molar-refractivity contribution in [1.82, 2.24) is 0 Å². The summed E-state index contributed by atoms with van der Waals surface area (Å²) < 4.78 is 5.75. The summed E-state index contributed by atoms with van der Waals surface area (Å²) in [6.07, 6.45) is 4.62. The molecule has 82 valence electrons. The lowest BCUT2D eigenvalue weighted by molar-refractivity contribution is -0.0615. The van der Waals surface area contributed by atoms with Gasteiger partial charge in [-0.25, -0.2) is 0 Å². The first kappa shape index (κ1) is 10.7. The summed E-state index contributed by atoms with van der Waals surface area (Å²) in [6.45, 7) is 4.23. The summed E-state index contributed by atoms with van der Waals surface area (Å²) >= 11 is 0. The van der Waals surface area contributed by atoms with Gasteiger partial charge >= 0.3 is 0 Å². The highest BCUT2D eigenvalue weighted by atomic mass is 16.5. The van der Waals surface area contributed by atoms with E-state index in [0.717, 1.165) is 5.92 Å². The molecule has 1 aromatic carbocycles. The van der Waals surface area contributed by atoms with Crippen LogP contribution in [0.1, 0.15) is 32.3 Å². The average Bonchev–Trinajstić information content (AvgIpc) is 2.15. The van der Waals surface area contributed by atoms with Gasteiger partial charge in [-0.3, -0.25) is 0 Å².